The Labute approximate surface area is 183 Å². The Bertz CT molecular complexity index is 970. The van der Waals surface area contributed by atoms with Crippen molar-refractivity contribution < 1.29 is 14.0 Å². The van der Waals surface area contributed by atoms with E-state index < -0.39 is 0 Å². The number of methoxy groups -OCH3 is 1. The first-order valence-electron chi connectivity index (χ1n) is 10.4. The molecule has 3 aromatic rings. The lowest BCUT2D eigenvalue weighted by Gasteiger charge is -2.15. The number of ether oxygens (including phenoxy) is 2. The predicted molar refractivity (Wildman–Crippen MR) is 122 cm³/mol. The average molecular weight is 423 g/mol. The average Bonchev–Trinajstić information content (AvgIpc) is 3.27. The van der Waals surface area contributed by atoms with Crippen molar-refractivity contribution in [2.75, 3.05) is 27.4 Å². The summed E-state index contributed by atoms with van der Waals surface area (Å²) in [6.07, 6.45) is 0.850. The molecule has 2 aromatic carbocycles. The molecule has 0 saturated carbocycles. The zero-order chi connectivity index (χ0) is 21.9. The lowest BCUT2D eigenvalue weighted by atomic mass is 10.1. The van der Waals surface area contributed by atoms with Crippen LogP contribution in [0.25, 0.3) is 11.3 Å². The fraction of sp³-hybridized carbons (Fsp3) is 0.333. The van der Waals surface area contributed by atoms with Crippen LogP contribution < -0.4 is 15.4 Å². The van der Waals surface area contributed by atoms with Crippen molar-refractivity contribution in [3.05, 3.63) is 71.4 Å². The molecule has 0 amide bonds. The lowest BCUT2D eigenvalue weighted by molar-refractivity contribution is 0.171. The number of nitrogens with zero attached hydrogens (tertiary/aromatic N) is 2. The van der Waals surface area contributed by atoms with Gasteiger partial charge in [0.15, 0.2) is 11.7 Å². The molecule has 0 spiro atoms. The summed E-state index contributed by atoms with van der Waals surface area (Å²) in [5, 5.41) is 10.7. The molecule has 1 aromatic heterocycles. The topological polar surface area (TPSA) is 80.9 Å². The minimum atomic E-state index is 0.504. The minimum Gasteiger partial charge on any atom is -0.493 e. The molecule has 0 unspecified atom stereocenters. The molecular weight excluding hydrogens is 392 g/mol. The second-order valence-electron chi connectivity index (χ2n) is 7.13. The maximum absolute atomic E-state index is 5.96. The monoisotopic (exact) mass is 422 g/mol. The first kappa shape index (κ1) is 22.4. The maximum Gasteiger partial charge on any atom is 0.191 e. The van der Waals surface area contributed by atoms with Gasteiger partial charge in [0.05, 0.1) is 13.2 Å². The SMILES string of the molecule is CN=C(NCc1cc(-c2ccccc2)on1)NCc1ccc(C)cc1OCCCOC. The molecule has 7 heteroatoms. The Kier molecular flexibility index (Phi) is 8.48. The number of aromatic nitrogens is 1. The summed E-state index contributed by atoms with van der Waals surface area (Å²) in [5.41, 5.74) is 4.03. The van der Waals surface area contributed by atoms with E-state index >= 15 is 0 Å². The second kappa shape index (κ2) is 11.8. The third kappa shape index (κ3) is 6.86. The summed E-state index contributed by atoms with van der Waals surface area (Å²) in [5.74, 6) is 2.30. The quantitative estimate of drug-likeness (QED) is 0.293. The van der Waals surface area contributed by atoms with E-state index in [1.807, 2.05) is 36.4 Å². The van der Waals surface area contributed by atoms with Crippen molar-refractivity contribution >= 4 is 5.96 Å². The van der Waals surface area contributed by atoms with Gasteiger partial charge in [0.1, 0.15) is 11.4 Å². The van der Waals surface area contributed by atoms with Crippen LogP contribution in [0.4, 0.5) is 0 Å². The standard InChI is InChI=1S/C24H30N4O3/c1-18-10-11-20(22(14-18)30-13-7-12-29-3)16-26-24(25-2)27-17-21-15-23(31-28-21)19-8-5-4-6-9-19/h4-6,8-11,14-15H,7,12-13,16-17H2,1-3H3,(H2,25,26,27). The smallest absolute Gasteiger partial charge is 0.191 e. The van der Waals surface area contributed by atoms with E-state index in [0.717, 1.165) is 40.3 Å². The van der Waals surface area contributed by atoms with Gasteiger partial charge in [-0.15, -0.1) is 0 Å². The number of aliphatic imine (C=N–C) groups is 1. The van der Waals surface area contributed by atoms with Crippen molar-refractivity contribution in [2.24, 2.45) is 4.99 Å². The number of guanidine groups is 1. The molecule has 3 rings (SSSR count). The number of benzene rings is 2. The second-order valence-corrected chi connectivity index (χ2v) is 7.13. The highest BCUT2D eigenvalue weighted by atomic mass is 16.5. The number of hydrogen-bond donors (Lipinski definition) is 2. The van der Waals surface area contributed by atoms with Crippen molar-refractivity contribution in [1.29, 1.82) is 0 Å². The largest absolute Gasteiger partial charge is 0.493 e. The van der Waals surface area contributed by atoms with Crippen LogP contribution in [0.15, 0.2) is 64.1 Å². The Morgan fingerprint density at radius 1 is 1.03 bits per heavy atom. The van der Waals surface area contributed by atoms with Crippen molar-refractivity contribution in [3.63, 3.8) is 0 Å². The van der Waals surface area contributed by atoms with Crippen LogP contribution in [0.2, 0.25) is 0 Å². The van der Waals surface area contributed by atoms with Gasteiger partial charge < -0.3 is 24.6 Å². The molecule has 0 aliphatic heterocycles. The van der Waals surface area contributed by atoms with Gasteiger partial charge >= 0.3 is 0 Å². The van der Waals surface area contributed by atoms with Crippen LogP contribution in [0.3, 0.4) is 0 Å². The van der Waals surface area contributed by atoms with Crippen LogP contribution >= 0.6 is 0 Å². The zero-order valence-corrected chi connectivity index (χ0v) is 18.4. The molecule has 1 heterocycles. The molecule has 0 atom stereocenters. The third-order valence-corrected chi connectivity index (χ3v) is 4.70. The van der Waals surface area contributed by atoms with E-state index in [2.05, 4.69) is 45.9 Å². The Hall–Kier alpha value is -3.32. The Morgan fingerprint density at radius 3 is 2.61 bits per heavy atom. The van der Waals surface area contributed by atoms with Crippen molar-refractivity contribution in [1.82, 2.24) is 15.8 Å². The molecule has 7 nitrogen and oxygen atoms in total. The first-order valence-corrected chi connectivity index (χ1v) is 10.4. The predicted octanol–water partition coefficient (Wildman–Crippen LogP) is 3.93. The molecule has 0 bridgehead atoms. The first-order chi connectivity index (χ1) is 15.2. The zero-order valence-electron chi connectivity index (χ0n) is 18.4. The third-order valence-electron chi connectivity index (χ3n) is 4.70. The van der Waals surface area contributed by atoms with Gasteiger partial charge in [0, 0.05) is 50.9 Å². The highest BCUT2D eigenvalue weighted by Gasteiger charge is 2.09. The van der Waals surface area contributed by atoms with Crippen molar-refractivity contribution in [2.45, 2.75) is 26.4 Å². The molecule has 31 heavy (non-hydrogen) atoms. The van der Waals surface area contributed by atoms with Crippen molar-refractivity contribution in [3.8, 4) is 17.1 Å². The molecular formula is C24H30N4O3. The van der Waals surface area contributed by atoms with E-state index in [4.69, 9.17) is 14.0 Å². The maximum atomic E-state index is 5.96. The van der Waals surface area contributed by atoms with Gasteiger partial charge in [0.2, 0.25) is 0 Å². The van der Waals surface area contributed by atoms with Crippen LogP contribution in [-0.4, -0.2) is 38.5 Å². The van der Waals surface area contributed by atoms with Gasteiger partial charge in [-0.1, -0.05) is 47.6 Å². The normalized spacial score (nSPS) is 11.4. The highest BCUT2D eigenvalue weighted by Crippen LogP contribution is 2.21. The lowest BCUT2D eigenvalue weighted by Crippen LogP contribution is -2.36. The fourth-order valence-electron chi connectivity index (χ4n) is 3.03. The van der Waals surface area contributed by atoms with Gasteiger partial charge in [-0.3, -0.25) is 4.99 Å². The molecule has 0 saturated heterocycles. The van der Waals surface area contributed by atoms with E-state index in [0.29, 0.717) is 32.3 Å². The summed E-state index contributed by atoms with van der Waals surface area (Å²) in [7, 11) is 3.44. The van der Waals surface area contributed by atoms with Crippen LogP contribution in [0.5, 0.6) is 5.75 Å². The van der Waals surface area contributed by atoms with Gasteiger partial charge in [-0.25, -0.2) is 0 Å². The summed E-state index contributed by atoms with van der Waals surface area (Å²) in [6, 6.07) is 18.1. The van der Waals surface area contributed by atoms with Crippen LogP contribution in [0.1, 0.15) is 23.2 Å². The fourth-order valence-corrected chi connectivity index (χ4v) is 3.03. The van der Waals surface area contributed by atoms with Gasteiger partial charge in [-0.05, 0) is 18.6 Å². The number of hydrogen-bond acceptors (Lipinski definition) is 5. The van der Waals surface area contributed by atoms with Crippen LogP contribution in [-0.2, 0) is 17.8 Å². The van der Waals surface area contributed by atoms with Gasteiger partial charge in [0.25, 0.3) is 0 Å². The van der Waals surface area contributed by atoms with E-state index in [1.54, 1.807) is 14.2 Å². The Balaban J connectivity index is 1.53. The molecule has 0 aliphatic rings. The highest BCUT2D eigenvalue weighted by molar-refractivity contribution is 5.79. The van der Waals surface area contributed by atoms with Gasteiger partial charge in [-0.2, -0.15) is 0 Å². The minimum absolute atomic E-state index is 0.504. The molecule has 0 radical (unpaired) electrons. The molecule has 2 N–H and O–H groups in total. The van der Waals surface area contributed by atoms with E-state index in [9.17, 15) is 0 Å². The molecule has 0 fully saturated rings. The number of aryl methyl sites for hydroxylation is 1. The van der Waals surface area contributed by atoms with Crippen LogP contribution in [0, 0.1) is 6.92 Å². The molecule has 164 valence electrons. The number of nitrogens with one attached hydrogen (secondary N) is 2. The molecule has 0 aliphatic carbocycles. The summed E-state index contributed by atoms with van der Waals surface area (Å²) >= 11 is 0. The summed E-state index contributed by atoms with van der Waals surface area (Å²) in [4.78, 5) is 4.30. The Morgan fingerprint density at radius 2 is 1.84 bits per heavy atom. The van der Waals surface area contributed by atoms with E-state index in [1.165, 1.54) is 0 Å². The summed E-state index contributed by atoms with van der Waals surface area (Å²) < 4.78 is 16.5. The van der Waals surface area contributed by atoms with E-state index in [-0.39, 0.29) is 0 Å². The number of rotatable bonds is 10. The summed E-state index contributed by atoms with van der Waals surface area (Å²) in [6.45, 7) is 4.45.